The summed E-state index contributed by atoms with van der Waals surface area (Å²) < 4.78 is 3.92. The van der Waals surface area contributed by atoms with Gasteiger partial charge in [-0.3, -0.25) is 9.67 Å². The summed E-state index contributed by atoms with van der Waals surface area (Å²) in [6.45, 7) is 2.68. The van der Waals surface area contributed by atoms with Crippen molar-refractivity contribution in [2.24, 2.45) is 7.05 Å². The van der Waals surface area contributed by atoms with Gasteiger partial charge in [-0.1, -0.05) is 12.1 Å². The Morgan fingerprint density at radius 2 is 2.10 bits per heavy atom. The zero-order valence-electron chi connectivity index (χ0n) is 11.7. The fourth-order valence-corrected chi connectivity index (χ4v) is 3.15. The monoisotopic (exact) mass is 408 g/mol. The number of nitrogens with one attached hydrogen (secondary N) is 1. The molecule has 0 spiro atoms. The molecule has 6 heteroatoms. The van der Waals surface area contributed by atoms with Crippen LogP contribution < -0.4 is 5.32 Å². The first kappa shape index (κ1) is 14.5. The maximum atomic E-state index is 4.50. The van der Waals surface area contributed by atoms with Crippen molar-refractivity contribution in [1.82, 2.24) is 14.8 Å². The van der Waals surface area contributed by atoms with Gasteiger partial charge in [-0.25, -0.2) is 0 Å². The number of nitrogens with zero attached hydrogens (tertiary/aromatic N) is 3. The summed E-state index contributed by atoms with van der Waals surface area (Å²) in [4.78, 5) is 4.50. The van der Waals surface area contributed by atoms with E-state index in [-0.39, 0.29) is 0 Å². The second-order valence-electron chi connectivity index (χ2n) is 4.85. The molecule has 0 bridgehead atoms. The Labute approximate surface area is 139 Å². The van der Waals surface area contributed by atoms with Gasteiger partial charge in [-0.2, -0.15) is 5.10 Å². The Morgan fingerprint density at radius 1 is 1.29 bits per heavy atom. The van der Waals surface area contributed by atoms with Crippen molar-refractivity contribution in [2.45, 2.75) is 13.5 Å². The number of aryl methyl sites for hydroxylation is 2. The Morgan fingerprint density at radius 3 is 2.81 bits per heavy atom. The second-order valence-corrected chi connectivity index (χ2v) is 6.56. The summed E-state index contributed by atoms with van der Waals surface area (Å²) >= 11 is 7.04. The first-order valence-electron chi connectivity index (χ1n) is 6.52. The lowest BCUT2D eigenvalue weighted by molar-refractivity contribution is 0.713. The molecule has 0 aliphatic rings. The van der Waals surface area contributed by atoms with E-state index >= 15 is 0 Å². The normalized spacial score (nSPS) is 11.0. The van der Waals surface area contributed by atoms with Gasteiger partial charge in [-0.15, -0.1) is 0 Å². The van der Waals surface area contributed by atoms with Crippen molar-refractivity contribution in [3.8, 4) is 0 Å². The molecule has 0 aliphatic heterocycles. The predicted octanol–water partition coefficient (Wildman–Crippen LogP) is 4.41. The van der Waals surface area contributed by atoms with E-state index < -0.39 is 0 Å². The molecule has 2 heterocycles. The smallest absolute Gasteiger partial charge is 0.0934 e. The van der Waals surface area contributed by atoms with Crippen LogP contribution >= 0.6 is 31.9 Å². The molecule has 0 unspecified atom stereocenters. The molecule has 1 aromatic carbocycles. The Kier molecular flexibility index (Phi) is 3.99. The summed E-state index contributed by atoms with van der Waals surface area (Å²) in [5.74, 6) is 0. The van der Waals surface area contributed by atoms with E-state index in [0.29, 0.717) is 6.54 Å². The summed E-state index contributed by atoms with van der Waals surface area (Å²) in [7, 11) is 1.95. The van der Waals surface area contributed by atoms with Crippen molar-refractivity contribution in [1.29, 1.82) is 0 Å². The lowest BCUT2D eigenvalue weighted by Gasteiger charge is -2.10. The molecular formula is C15H14Br2N4. The molecule has 21 heavy (non-hydrogen) atoms. The molecule has 3 rings (SSSR count). The average molecular weight is 410 g/mol. The van der Waals surface area contributed by atoms with Gasteiger partial charge in [0.15, 0.2) is 0 Å². The van der Waals surface area contributed by atoms with Crippen molar-refractivity contribution in [3.63, 3.8) is 0 Å². The van der Waals surface area contributed by atoms with Gasteiger partial charge >= 0.3 is 0 Å². The summed E-state index contributed by atoms with van der Waals surface area (Å²) in [6.07, 6.45) is 1.82. The number of hydrogen-bond acceptors (Lipinski definition) is 3. The van der Waals surface area contributed by atoms with Crippen LogP contribution in [-0.2, 0) is 13.6 Å². The Hall–Kier alpha value is -1.40. The minimum Gasteiger partial charge on any atom is -0.378 e. The molecular weight excluding hydrogens is 396 g/mol. The molecule has 1 N–H and O–H groups in total. The number of hydrogen-bond donors (Lipinski definition) is 1. The molecule has 0 aliphatic carbocycles. The third-order valence-electron chi connectivity index (χ3n) is 3.39. The van der Waals surface area contributed by atoms with Crippen molar-refractivity contribution in [3.05, 3.63) is 50.8 Å². The topological polar surface area (TPSA) is 42.7 Å². The molecule has 3 aromatic rings. The first-order chi connectivity index (χ1) is 10.1. The summed E-state index contributed by atoms with van der Waals surface area (Å²) in [6, 6.07) is 8.20. The van der Waals surface area contributed by atoms with Crippen LogP contribution in [0.15, 0.2) is 39.4 Å². The van der Waals surface area contributed by atoms with E-state index in [1.807, 2.05) is 37.0 Å². The quantitative estimate of drug-likeness (QED) is 0.696. The van der Waals surface area contributed by atoms with Crippen molar-refractivity contribution in [2.75, 3.05) is 5.32 Å². The molecule has 0 atom stereocenters. The van der Waals surface area contributed by atoms with E-state index in [0.717, 1.165) is 36.9 Å². The Bertz CT molecular complexity index is 811. The standard InChI is InChI=1S/C15H14Br2N4/c1-9-14(17)13(21(2)20-9)8-18-12-5-3-4-10-6-11(16)7-19-15(10)12/h3-7,18H,8H2,1-2H3. The highest BCUT2D eigenvalue weighted by Gasteiger charge is 2.11. The zero-order valence-corrected chi connectivity index (χ0v) is 14.9. The third kappa shape index (κ3) is 2.82. The highest BCUT2D eigenvalue weighted by Crippen LogP contribution is 2.26. The van der Waals surface area contributed by atoms with E-state index in [9.17, 15) is 0 Å². The molecule has 0 amide bonds. The van der Waals surface area contributed by atoms with Gasteiger partial charge in [0.2, 0.25) is 0 Å². The lowest BCUT2D eigenvalue weighted by atomic mass is 10.2. The van der Waals surface area contributed by atoms with Gasteiger partial charge in [0.25, 0.3) is 0 Å². The number of fused-ring (bicyclic) bond motifs is 1. The van der Waals surface area contributed by atoms with Gasteiger partial charge in [0.05, 0.1) is 33.6 Å². The minimum absolute atomic E-state index is 0.689. The van der Waals surface area contributed by atoms with Gasteiger partial charge < -0.3 is 5.32 Å². The van der Waals surface area contributed by atoms with Crippen LogP contribution in [-0.4, -0.2) is 14.8 Å². The number of para-hydroxylation sites is 1. The van der Waals surface area contributed by atoms with Gasteiger partial charge in [0.1, 0.15) is 0 Å². The fourth-order valence-electron chi connectivity index (χ4n) is 2.33. The van der Waals surface area contributed by atoms with Gasteiger partial charge in [0, 0.05) is 23.1 Å². The van der Waals surface area contributed by atoms with E-state index in [2.05, 4.69) is 59.4 Å². The average Bonchev–Trinajstić information content (AvgIpc) is 2.70. The molecule has 0 saturated carbocycles. The van der Waals surface area contributed by atoms with Crippen LogP contribution in [0.1, 0.15) is 11.4 Å². The third-order valence-corrected chi connectivity index (χ3v) is 4.85. The van der Waals surface area contributed by atoms with Crippen molar-refractivity contribution < 1.29 is 0 Å². The highest BCUT2D eigenvalue weighted by molar-refractivity contribution is 9.10. The number of aromatic nitrogens is 3. The van der Waals surface area contributed by atoms with E-state index in [1.54, 1.807) is 0 Å². The largest absolute Gasteiger partial charge is 0.378 e. The number of rotatable bonds is 3. The number of halogens is 2. The van der Waals surface area contributed by atoms with Crippen LogP contribution in [0.3, 0.4) is 0 Å². The van der Waals surface area contributed by atoms with Crippen LogP contribution in [0.4, 0.5) is 5.69 Å². The molecule has 4 nitrogen and oxygen atoms in total. The Balaban J connectivity index is 1.92. The lowest BCUT2D eigenvalue weighted by Crippen LogP contribution is -2.06. The predicted molar refractivity (Wildman–Crippen MR) is 92.4 cm³/mol. The highest BCUT2D eigenvalue weighted by atomic mass is 79.9. The molecule has 108 valence electrons. The second kappa shape index (κ2) is 5.77. The number of anilines is 1. The molecule has 0 radical (unpaired) electrons. The van der Waals surface area contributed by atoms with E-state index in [1.165, 1.54) is 0 Å². The van der Waals surface area contributed by atoms with Crippen molar-refractivity contribution >= 4 is 48.5 Å². The summed E-state index contributed by atoms with van der Waals surface area (Å²) in [5, 5.41) is 8.96. The number of pyridine rings is 1. The zero-order chi connectivity index (χ0) is 15.0. The summed E-state index contributed by atoms with van der Waals surface area (Å²) in [5.41, 5.74) is 4.09. The van der Waals surface area contributed by atoms with Crippen LogP contribution in [0.25, 0.3) is 10.9 Å². The van der Waals surface area contributed by atoms with Gasteiger partial charge in [-0.05, 0) is 50.9 Å². The SMILES string of the molecule is Cc1nn(C)c(CNc2cccc3cc(Br)cnc23)c1Br. The minimum atomic E-state index is 0.689. The van der Waals surface area contributed by atoms with E-state index in [4.69, 9.17) is 0 Å². The number of benzene rings is 1. The van der Waals surface area contributed by atoms with Crippen LogP contribution in [0, 0.1) is 6.92 Å². The maximum absolute atomic E-state index is 4.50. The molecule has 2 aromatic heterocycles. The molecule has 0 fully saturated rings. The molecule has 0 saturated heterocycles. The van der Waals surface area contributed by atoms with Crippen LogP contribution in [0.5, 0.6) is 0 Å². The fraction of sp³-hybridized carbons (Fsp3) is 0.200. The van der Waals surface area contributed by atoms with Crippen LogP contribution in [0.2, 0.25) is 0 Å². The first-order valence-corrected chi connectivity index (χ1v) is 8.11. The maximum Gasteiger partial charge on any atom is 0.0934 e.